The van der Waals surface area contributed by atoms with Crippen LogP contribution in [0, 0.1) is 0 Å². The number of rotatable bonds is 5. The zero-order chi connectivity index (χ0) is 19.2. The third-order valence-electron chi connectivity index (χ3n) is 5.39. The second-order valence-electron chi connectivity index (χ2n) is 7.52. The number of benzene rings is 2. The summed E-state index contributed by atoms with van der Waals surface area (Å²) >= 11 is 0. The predicted octanol–water partition coefficient (Wildman–Crippen LogP) is 3.12. The minimum Gasteiger partial charge on any atom is -0.312 e. The van der Waals surface area contributed by atoms with E-state index in [2.05, 4.69) is 0 Å². The van der Waals surface area contributed by atoms with Gasteiger partial charge in [0.25, 0.3) is 0 Å². The number of nitrogens with zero attached hydrogens (tertiary/aromatic N) is 2. The number of aryl methyl sites for hydroxylation is 1. The molecule has 2 aromatic rings. The maximum absolute atomic E-state index is 13.5. The van der Waals surface area contributed by atoms with Crippen molar-refractivity contribution in [1.82, 2.24) is 4.31 Å². The molecule has 6 heteroatoms. The number of carbonyl (C=O) groups is 1. The molecule has 0 N–H and O–H groups in total. The average molecular weight is 385 g/mol. The van der Waals surface area contributed by atoms with E-state index in [1.54, 1.807) is 16.4 Å². The third-order valence-corrected chi connectivity index (χ3v) is 7.39. The first-order valence-corrected chi connectivity index (χ1v) is 10.8. The molecule has 27 heavy (non-hydrogen) atoms. The molecule has 2 aliphatic heterocycles. The molecule has 2 aliphatic rings. The van der Waals surface area contributed by atoms with Crippen molar-refractivity contribution in [3.05, 3.63) is 59.2 Å². The molecule has 0 fully saturated rings. The van der Waals surface area contributed by atoms with Gasteiger partial charge in [-0.15, -0.1) is 0 Å². The molecule has 0 radical (unpaired) electrons. The van der Waals surface area contributed by atoms with Crippen molar-refractivity contribution < 1.29 is 13.2 Å². The summed E-state index contributed by atoms with van der Waals surface area (Å²) in [5, 5.41) is 0. The van der Waals surface area contributed by atoms with Gasteiger partial charge in [-0.05, 0) is 55.5 Å². The van der Waals surface area contributed by atoms with Gasteiger partial charge in [-0.1, -0.05) is 30.3 Å². The fourth-order valence-corrected chi connectivity index (χ4v) is 5.75. The summed E-state index contributed by atoms with van der Waals surface area (Å²) in [6.45, 7) is 4.80. The van der Waals surface area contributed by atoms with Crippen molar-refractivity contribution >= 4 is 21.6 Å². The number of hydrogen-bond donors (Lipinski definition) is 0. The molecule has 4 rings (SSSR count). The van der Waals surface area contributed by atoms with E-state index in [0.29, 0.717) is 30.8 Å². The Balaban J connectivity index is 1.74. The Morgan fingerprint density at radius 2 is 1.70 bits per heavy atom. The molecular formula is C21H24N2O3S. The molecule has 5 nitrogen and oxygen atoms in total. The Hall–Kier alpha value is -2.18. The molecule has 0 spiro atoms. The highest BCUT2D eigenvalue weighted by Crippen LogP contribution is 2.39. The lowest BCUT2D eigenvalue weighted by Gasteiger charge is -2.28. The highest BCUT2D eigenvalue weighted by molar-refractivity contribution is 7.89. The highest BCUT2D eigenvalue weighted by atomic mass is 32.2. The van der Waals surface area contributed by atoms with Gasteiger partial charge >= 0.3 is 0 Å². The molecular weight excluding hydrogens is 360 g/mol. The van der Waals surface area contributed by atoms with Crippen molar-refractivity contribution in [2.45, 2.75) is 50.6 Å². The Bertz CT molecular complexity index is 984. The Morgan fingerprint density at radius 3 is 2.37 bits per heavy atom. The molecule has 0 unspecified atom stereocenters. The monoisotopic (exact) mass is 384 g/mol. The quantitative estimate of drug-likeness (QED) is 0.796. The molecule has 2 heterocycles. The van der Waals surface area contributed by atoms with Crippen molar-refractivity contribution in [2.24, 2.45) is 0 Å². The number of amides is 1. The van der Waals surface area contributed by atoms with Crippen LogP contribution in [0.1, 0.15) is 37.0 Å². The van der Waals surface area contributed by atoms with Gasteiger partial charge in [-0.25, -0.2) is 8.42 Å². The number of sulfonamides is 1. The molecule has 0 bridgehead atoms. The standard InChI is InChI=1S/C21H24N2O3S/c1-15(2)23(14-16-6-4-3-5-7-16)27(25,26)19-12-17-8-9-20(24)22-11-10-18(13-19)21(17)22/h3-7,12-13,15H,8-11,14H2,1-2H3. The fourth-order valence-electron chi connectivity index (χ4n) is 4.02. The SMILES string of the molecule is CC(C)N(Cc1ccccc1)S(=O)(=O)c1cc2c3c(c1)CCN3C(=O)CC2. The van der Waals surface area contributed by atoms with Gasteiger partial charge in [0.2, 0.25) is 15.9 Å². The first-order valence-electron chi connectivity index (χ1n) is 9.40. The summed E-state index contributed by atoms with van der Waals surface area (Å²) in [7, 11) is -3.63. The van der Waals surface area contributed by atoms with Crippen molar-refractivity contribution in [3.8, 4) is 0 Å². The first-order chi connectivity index (χ1) is 12.9. The van der Waals surface area contributed by atoms with E-state index in [1.807, 2.05) is 49.1 Å². The van der Waals surface area contributed by atoms with Gasteiger partial charge < -0.3 is 4.90 Å². The summed E-state index contributed by atoms with van der Waals surface area (Å²) in [5.41, 5.74) is 3.87. The minimum absolute atomic E-state index is 0.143. The van der Waals surface area contributed by atoms with Crippen LogP contribution in [-0.2, 0) is 34.2 Å². The maximum Gasteiger partial charge on any atom is 0.243 e. The van der Waals surface area contributed by atoms with Gasteiger partial charge in [0.15, 0.2) is 0 Å². The van der Waals surface area contributed by atoms with Gasteiger partial charge in [-0.2, -0.15) is 4.31 Å². The van der Waals surface area contributed by atoms with Gasteiger partial charge in [-0.3, -0.25) is 4.79 Å². The molecule has 0 atom stereocenters. The van der Waals surface area contributed by atoms with Crippen LogP contribution < -0.4 is 4.90 Å². The summed E-state index contributed by atoms with van der Waals surface area (Å²) in [6.07, 6.45) is 1.78. The normalized spacial score (nSPS) is 16.3. The molecule has 0 aliphatic carbocycles. The number of carbonyl (C=O) groups excluding carboxylic acids is 1. The van der Waals surface area contributed by atoms with Gasteiger partial charge in [0, 0.05) is 25.6 Å². The molecule has 1 amide bonds. The lowest BCUT2D eigenvalue weighted by atomic mass is 10.00. The van der Waals surface area contributed by atoms with Crippen LogP contribution in [0.4, 0.5) is 5.69 Å². The van der Waals surface area contributed by atoms with Crippen LogP contribution in [0.2, 0.25) is 0 Å². The minimum atomic E-state index is -3.63. The average Bonchev–Trinajstić information content (AvgIpc) is 3.08. The second-order valence-corrected chi connectivity index (χ2v) is 9.41. The van der Waals surface area contributed by atoms with E-state index < -0.39 is 10.0 Å². The molecule has 142 valence electrons. The molecule has 0 saturated heterocycles. The van der Waals surface area contributed by atoms with Crippen LogP contribution in [0.5, 0.6) is 0 Å². The summed E-state index contributed by atoms with van der Waals surface area (Å²) in [6, 6.07) is 13.1. The fraction of sp³-hybridized carbons (Fsp3) is 0.381. The van der Waals surface area contributed by atoms with Crippen LogP contribution in [0.3, 0.4) is 0 Å². The first kappa shape index (κ1) is 18.2. The number of anilines is 1. The van der Waals surface area contributed by atoms with Crippen LogP contribution in [0.15, 0.2) is 47.4 Å². The summed E-state index contributed by atoms with van der Waals surface area (Å²) < 4.78 is 28.5. The van der Waals surface area contributed by atoms with Crippen LogP contribution >= 0.6 is 0 Å². The van der Waals surface area contributed by atoms with Crippen LogP contribution in [0.25, 0.3) is 0 Å². The smallest absolute Gasteiger partial charge is 0.243 e. The number of hydrogen-bond acceptors (Lipinski definition) is 3. The Kier molecular flexibility index (Phi) is 4.56. The van der Waals surface area contributed by atoms with Crippen molar-refractivity contribution in [3.63, 3.8) is 0 Å². The zero-order valence-electron chi connectivity index (χ0n) is 15.7. The predicted molar refractivity (Wildman–Crippen MR) is 105 cm³/mol. The van der Waals surface area contributed by atoms with Gasteiger partial charge in [0.1, 0.15) is 0 Å². The molecule has 0 saturated carbocycles. The van der Waals surface area contributed by atoms with E-state index in [9.17, 15) is 13.2 Å². The van der Waals surface area contributed by atoms with E-state index in [0.717, 1.165) is 28.8 Å². The van der Waals surface area contributed by atoms with E-state index in [1.165, 1.54) is 0 Å². The Labute approximate surface area is 160 Å². The molecule has 2 aromatic carbocycles. The van der Waals surface area contributed by atoms with E-state index in [-0.39, 0.29) is 11.9 Å². The van der Waals surface area contributed by atoms with E-state index >= 15 is 0 Å². The van der Waals surface area contributed by atoms with Gasteiger partial charge in [0.05, 0.1) is 10.6 Å². The van der Waals surface area contributed by atoms with Crippen molar-refractivity contribution in [2.75, 3.05) is 11.4 Å². The van der Waals surface area contributed by atoms with Crippen LogP contribution in [-0.4, -0.2) is 31.2 Å². The largest absolute Gasteiger partial charge is 0.312 e. The summed E-state index contributed by atoms with van der Waals surface area (Å²) in [5.74, 6) is 0.143. The lowest BCUT2D eigenvalue weighted by Crippen LogP contribution is -2.36. The lowest BCUT2D eigenvalue weighted by molar-refractivity contribution is -0.118. The maximum atomic E-state index is 13.5. The topological polar surface area (TPSA) is 57.7 Å². The third kappa shape index (κ3) is 3.17. The second kappa shape index (κ2) is 6.77. The zero-order valence-corrected chi connectivity index (χ0v) is 16.5. The van der Waals surface area contributed by atoms with E-state index in [4.69, 9.17) is 0 Å². The summed E-state index contributed by atoms with van der Waals surface area (Å²) in [4.78, 5) is 14.3. The molecule has 0 aromatic heterocycles. The highest BCUT2D eigenvalue weighted by Gasteiger charge is 2.34. The van der Waals surface area contributed by atoms with Crippen molar-refractivity contribution in [1.29, 1.82) is 0 Å². The Morgan fingerprint density at radius 1 is 1.04 bits per heavy atom.